The third-order valence-electron chi connectivity index (χ3n) is 2.96. The summed E-state index contributed by atoms with van der Waals surface area (Å²) >= 11 is 3.40. The molecule has 0 aliphatic rings. The average Bonchev–Trinajstić information content (AvgIpc) is 2.46. The maximum atomic E-state index is 12.0. The van der Waals surface area contributed by atoms with Gasteiger partial charge in [-0.1, -0.05) is 28.4 Å². The van der Waals surface area contributed by atoms with Gasteiger partial charge in [-0.2, -0.15) is 0 Å². The molecule has 0 spiro atoms. The number of alkyl halides is 1. The Labute approximate surface area is 121 Å². The van der Waals surface area contributed by atoms with Gasteiger partial charge in [0.25, 0.3) is 5.91 Å². The van der Waals surface area contributed by atoms with Gasteiger partial charge in [-0.15, -0.1) is 0 Å². The minimum absolute atomic E-state index is 0.00963. The number of amides is 1. The average molecular weight is 321 g/mol. The minimum Gasteiger partial charge on any atom is -0.352 e. The van der Waals surface area contributed by atoms with Crippen LogP contribution in [0.5, 0.6) is 0 Å². The van der Waals surface area contributed by atoms with E-state index in [0.29, 0.717) is 5.56 Å². The van der Waals surface area contributed by atoms with Crippen molar-refractivity contribution in [3.63, 3.8) is 0 Å². The van der Waals surface area contributed by atoms with E-state index in [-0.39, 0.29) is 5.91 Å². The van der Waals surface area contributed by atoms with Gasteiger partial charge in [-0.05, 0) is 37.1 Å². The van der Waals surface area contributed by atoms with Crippen molar-refractivity contribution < 1.29 is 4.79 Å². The van der Waals surface area contributed by atoms with E-state index in [0.717, 1.165) is 42.0 Å². The molecule has 100 valence electrons. The smallest absolute Gasteiger partial charge is 0.251 e. The molecule has 4 heteroatoms. The van der Waals surface area contributed by atoms with Crippen LogP contribution in [0.4, 0.5) is 0 Å². The first kappa shape index (κ1) is 14.0. The van der Waals surface area contributed by atoms with E-state index in [2.05, 4.69) is 26.2 Å². The van der Waals surface area contributed by atoms with Gasteiger partial charge in [-0.3, -0.25) is 9.78 Å². The molecule has 1 heterocycles. The highest BCUT2D eigenvalue weighted by atomic mass is 79.9. The van der Waals surface area contributed by atoms with E-state index >= 15 is 0 Å². The van der Waals surface area contributed by atoms with Gasteiger partial charge >= 0.3 is 0 Å². The van der Waals surface area contributed by atoms with E-state index in [1.165, 1.54) is 0 Å². The number of aromatic nitrogens is 1. The number of carbonyl (C=O) groups is 1. The van der Waals surface area contributed by atoms with Gasteiger partial charge in [0, 0.05) is 29.0 Å². The van der Waals surface area contributed by atoms with Gasteiger partial charge in [-0.25, -0.2) is 0 Å². The van der Waals surface area contributed by atoms with Crippen molar-refractivity contribution in [3.8, 4) is 0 Å². The lowest BCUT2D eigenvalue weighted by Crippen LogP contribution is -2.24. The Balaban J connectivity index is 1.93. The van der Waals surface area contributed by atoms with Crippen molar-refractivity contribution >= 4 is 32.7 Å². The fourth-order valence-corrected chi connectivity index (χ4v) is 2.31. The summed E-state index contributed by atoms with van der Waals surface area (Å²) in [6.07, 6.45) is 5.06. The molecule has 0 aliphatic carbocycles. The first-order valence-electron chi connectivity index (χ1n) is 6.50. The number of fused-ring (bicyclic) bond motifs is 1. The zero-order valence-electron chi connectivity index (χ0n) is 10.7. The van der Waals surface area contributed by atoms with Crippen LogP contribution in [-0.4, -0.2) is 22.8 Å². The van der Waals surface area contributed by atoms with Crippen LogP contribution in [0.25, 0.3) is 10.9 Å². The van der Waals surface area contributed by atoms with Crippen LogP contribution in [0, 0.1) is 0 Å². The molecule has 0 radical (unpaired) electrons. The number of halogens is 1. The molecule has 1 N–H and O–H groups in total. The maximum Gasteiger partial charge on any atom is 0.251 e. The third kappa shape index (κ3) is 4.03. The van der Waals surface area contributed by atoms with Gasteiger partial charge < -0.3 is 5.32 Å². The Hall–Kier alpha value is -1.42. The number of unbranched alkanes of at least 4 members (excludes halogenated alkanes) is 2. The van der Waals surface area contributed by atoms with Crippen LogP contribution in [0.2, 0.25) is 0 Å². The van der Waals surface area contributed by atoms with Crippen LogP contribution < -0.4 is 5.32 Å². The van der Waals surface area contributed by atoms with E-state index in [9.17, 15) is 4.79 Å². The summed E-state index contributed by atoms with van der Waals surface area (Å²) in [5.74, 6) is -0.00963. The summed E-state index contributed by atoms with van der Waals surface area (Å²) in [7, 11) is 0. The lowest BCUT2D eigenvalue weighted by Gasteiger charge is -2.05. The van der Waals surface area contributed by atoms with E-state index < -0.39 is 0 Å². The molecule has 0 unspecified atom stereocenters. The Morgan fingerprint density at radius 1 is 1.21 bits per heavy atom. The lowest BCUT2D eigenvalue weighted by atomic mass is 10.1. The summed E-state index contributed by atoms with van der Waals surface area (Å²) in [6, 6.07) is 9.44. The van der Waals surface area contributed by atoms with Crippen molar-refractivity contribution in [2.24, 2.45) is 0 Å². The summed E-state index contributed by atoms with van der Waals surface area (Å²) < 4.78 is 0. The molecule has 1 amide bonds. The Morgan fingerprint density at radius 3 is 2.95 bits per heavy atom. The molecular formula is C15H17BrN2O. The monoisotopic (exact) mass is 320 g/mol. The highest BCUT2D eigenvalue weighted by molar-refractivity contribution is 9.09. The molecule has 3 nitrogen and oxygen atoms in total. The summed E-state index contributed by atoms with van der Waals surface area (Å²) in [6.45, 7) is 0.733. The molecule has 2 rings (SSSR count). The van der Waals surface area contributed by atoms with Crippen molar-refractivity contribution in [2.45, 2.75) is 19.3 Å². The second-order valence-electron chi connectivity index (χ2n) is 4.42. The molecule has 0 saturated carbocycles. The molecule has 1 aromatic carbocycles. The molecule has 2 aromatic rings. The molecule has 0 aliphatic heterocycles. The Bertz CT molecular complexity index is 557. The van der Waals surface area contributed by atoms with Gasteiger partial charge in [0.05, 0.1) is 5.52 Å². The van der Waals surface area contributed by atoms with Crippen molar-refractivity contribution in [3.05, 3.63) is 42.1 Å². The van der Waals surface area contributed by atoms with Crippen LogP contribution >= 0.6 is 15.9 Å². The number of rotatable bonds is 6. The van der Waals surface area contributed by atoms with E-state index in [1.807, 2.05) is 30.3 Å². The fourth-order valence-electron chi connectivity index (χ4n) is 1.92. The number of carbonyl (C=O) groups excluding carboxylic acids is 1. The standard InChI is InChI=1S/C15H17BrN2O/c16-8-2-1-3-9-18-15(19)13-6-7-14-12(11-13)5-4-10-17-14/h4-7,10-11H,1-3,8-9H2,(H,18,19). The molecule has 0 bridgehead atoms. The van der Waals surface area contributed by atoms with Crippen LogP contribution in [-0.2, 0) is 0 Å². The molecular weight excluding hydrogens is 304 g/mol. The highest BCUT2D eigenvalue weighted by Crippen LogP contribution is 2.13. The van der Waals surface area contributed by atoms with Gasteiger partial charge in [0.1, 0.15) is 0 Å². The Kier molecular flexibility index (Phi) is 5.33. The third-order valence-corrected chi connectivity index (χ3v) is 3.52. The predicted molar refractivity (Wildman–Crippen MR) is 81.7 cm³/mol. The molecule has 19 heavy (non-hydrogen) atoms. The largest absolute Gasteiger partial charge is 0.352 e. The number of benzene rings is 1. The quantitative estimate of drug-likeness (QED) is 0.653. The van der Waals surface area contributed by atoms with Crippen molar-refractivity contribution in [1.82, 2.24) is 10.3 Å². The van der Waals surface area contributed by atoms with Crippen molar-refractivity contribution in [2.75, 3.05) is 11.9 Å². The van der Waals surface area contributed by atoms with Crippen LogP contribution in [0.15, 0.2) is 36.5 Å². The molecule has 1 aromatic heterocycles. The van der Waals surface area contributed by atoms with Crippen LogP contribution in [0.1, 0.15) is 29.6 Å². The van der Waals surface area contributed by atoms with E-state index in [1.54, 1.807) is 6.20 Å². The number of nitrogens with zero attached hydrogens (tertiary/aromatic N) is 1. The molecule has 0 saturated heterocycles. The first-order chi connectivity index (χ1) is 9.31. The number of nitrogens with one attached hydrogen (secondary N) is 1. The summed E-state index contributed by atoms with van der Waals surface area (Å²) in [5, 5.41) is 4.97. The molecule has 0 atom stereocenters. The topological polar surface area (TPSA) is 42.0 Å². The zero-order chi connectivity index (χ0) is 13.5. The van der Waals surface area contributed by atoms with E-state index in [4.69, 9.17) is 0 Å². The normalized spacial score (nSPS) is 10.6. The molecule has 0 fully saturated rings. The van der Waals surface area contributed by atoms with Crippen molar-refractivity contribution in [1.29, 1.82) is 0 Å². The Morgan fingerprint density at radius 2 is 2.11 bits per heavy atom. The SMILES string of the molecule is O=C(NCCCCCBr)c1ccc2ncccc2c1. The minimum atomic E-state index is -0.00963. The van der Waals surface area contributed by atoms with Crippen LogP contribution in [0.3, 0.4) is 0 Å². The maximum absolute atomic E-state index is 12.0. The number of pyridine rings is 1. The first-order valence-corrected chi connectivity index (χ1v) is 7.62. The number of hydrogen-bond donors (Lipinski definition) is 1. The highest BCUT2D eigenvalue weighted by Gasteiger charge is 2.05. The fraction of sp³-hybridized carbons (Fsp3) is 0.333. The van der Waals surface area contributed by atoms with Gasteiger partial charge in [0.2, 0.25) is 0 Å². The zero-order valence-corrected chi connectivity index (χ0v) is 12.3. The second kappa shape index (κ2) is 7.24. The predicted octanol–water partition coefficient (Wildman–Crippen LogP) is 3.53. The summed E-state index contributed by atoms with van der Waals surface area (Å²) in [5.41, 5.74) is 1.61. The number of hydrogen-bond acceptors (Lipinski definition) is 2. The van der Waals surface area contributed by atoms with Gasteiger partial charge in [0.15, 0.2) is 0 Å². The second-order valence-corrected chi connectivity index (χ2v) is 5.21. The summed E-state index contributed by atoms with van der Waals surface area (Å²) in [4.78, 5) is 16.2. The lowest BCUT2D eigenvalue weighted by molar-refractivity contribution is 0.0953.